The van der Waals surface area contributed by atoms with Gasteiger partial charge in [0.05, 0.1) is 0 Å². The SMILES string of the molecule is O=C(N[C@H](CC1CCCC1)C(=O)O)OCc1ccccc1. The van der Waals surface area contributed by atoms with Gasteiger partial charge in [-0.3, -0.25) is 0 Å². The quantitative estimate of drug-likeness (QED) is 0.845. The Bertz CT molecular complexity index is 468. The molecule has 0 saturated heterocycles. The van der Waals surface area contributed by atoms with E-state index in [0.29, 0.717) is 12.3 Å². The van der Waals surface area contributed by atoms with Crippen LogP contribution >= 0.6 is 0 Å². The van der Waals surface area contributed by atoms with Crippen LogP contribution in [0, 0.1) is 5.92 Å². The average Bonchev–Trinajstić information content (AvgIpc) is 2.98. The first-order chi connectivity index (χ1) is 10.1. The van der Waals surface area contributed by atoms with Gasteiger partial charge in [0, 0.05) is 0 Å². The summed E-state index contributed by atoms with van der Waals surface area (Å²) in [7, 11) is 0. The monoisotopic (exact) mass is 291 g/mol. The summed E-state index contributed by atoms with van der Waals surface area (Å²) in [6, 6.07) is 8.43. The molecule has 0 radical (unpaired) electrons. The summed E-state index contributed by atoms with van der Waals surface area (Å²) in [5.41, 5.74) is 0.871. The Morgan fingerprint density at radius 3 is 2.52 bits per heavy atom. The third kappa shape index (κ3) is 5.10. The van der Waals surface area contributed by atoms with E-state index in [2.05, 4.69) is 5.32 Å². The van der Waals surface area contributed by atoms with Crippen LogP contribution in [0.15, 0.2) is 30.3 Å². The lowest BCUT2D eigenvalue weighted by Gasteiger charge is -2.18. The molecule has 0 spiro atoms. The van der Waals surface area contributed by atoms with Crippen LogP contribution in [0.1, 0.15) is 37.7 Å². The van der Waals surface area contributed by atoms with Crippen molar-refractivity contribution in [3.05, 3.63) is 35.9 Å². The Morgan fingerprint density at radius 1 is 1.24 bits per heavy atom. The van der Waals surface area contributed by atoms with Crippen LogP contribution in [0.25, 0.3) is 0 Å². The van der Waals surface area contributed by atoms with Crippen molar-refractivity contribution in [3.8, 4) is 0 Å². The molecule has 1 aromatic carbocycles. The lowest BCUT2D eigenvalue weighted by atomic mass is 9.98. The summed E-state index contributed by atoms with van der Waals surface area (Å²) in [5, 5.41) is 11.7. The zero-order valence-electron chi connectivity index (χ0n) is 12.0. The van der Waals surface area contributed by atoms with Gasteiger partial charge >= 0.3 is 12.1 Å². The number of carboxylic acids is 1. The van der Waals surface area contributed by atoms with Gasteiger partial charge < -0.3 is 15.2 Å². The van der Waals surface area contributed by atoms with Crippen molar-refractivity contribution in [2.24, 2.45) is 5.92 Å². The van der Waals surface area contributed by atoms with Gasteiger partial charge in [-0.25, -0.2) is 9.59 Å². The molecule has 1 aliphatic rings. The van der Waals surface area contributed by atoms with Gasteiger partial charge in [0.2, 0.25) is 0 Å². The number of carbonyl (C=O) groups excluding carboxylic acids is 1. The average molecular weight is 291 g/mol. The molecule has 1 atom stereocenters. The van der Waals surface area contributed by atoms with Gasteiger partial charge in [-0.05, 0) is 17.9 Å². The predicted octanol–water partition coefficient (Wildman–Crippen LogP) is 2.95. The first kappa shape index (κ1) is 15.4. The fourth-order valence-electron chi connectivity index (χ4n) is 2.71. The van der Waals surface area contributed by atoms with Crippen LogP contribution in [0.2, 0.25) is 0 Å². The van der Waals surface area contributed by atoms with Crippen molar-refractivity contribution >= 4 is 12.1 Å². The smallest absolute Gasteiger partial charge is 0.408 e. The van der Waals surface area contributed by atoms with E-state index in [0.717, 1.165) is 31.2 Å². The zero-order chi connectivity index (χ0) is 15.1. The molecule has 2 rings (SSSR count). The third-order valence-corrected chi connectivity index (χ3v) is 3.85. The second-order valence-corrected chi connectivity index (χ2v) is 5.48. The van der Waals surface area contributed by atoms with Crippen molar-refractivity contribution in [1.29, 1.82) is 0 Å². The molecule has 0 unspecified atom stereocenters. The highest BCUT2D eigenvalue weighted by molar-refractivity contribution is 5.79. The van der Waals surface area contributed by atoms with Gasteiger partial charge in [-0.1, -0.05) is 56.0 Å². The maximum absolute atomic E-state index is 11.7. The van der Waals surface area contributed by atoms with Crippen molar-refractivity contribution in [1.82, 2.24) is 5.32 Å². The Kier molecular flexibility index (Phi) is 5.60. The summed E-state index contributed by atoms with van der Waals surface area (Å²) in [4.78, 5) is 22.9. The van der Waals surface area contributed by atoms with Gasteiger partial charge in [0.1, 0.15) is 12.6 Å². The van der Waals surface area contributed by atoms with E-state index in [1.807, 2.05) is 30.3 Å². The maximum Gasteiger partial charge on any atom is 0.408 e. The number of carbonyl (C=O) groups is 2. The predicted molar refractivity (Wildman–Crippen MR) is 77.8 cm³/mol. The second kappa shape index (κ2) is 7.67. The van der Waals surface area contributed by atoms with Gasteiger partial charge in [-0.2, -0.15) is 0 Å². The van der Waals surface area contributed by atoms with E-state index in [1.165, 1.54) is 0 Å². The topological polar surface area (TPSA) is 75.6 Å². The van der Waals surface area contributed by atoms with E-state index in [-0.39, 0.29) is 6.61 Å². The highest BCUT2D eigenvalue weighted by Gasteiger charge is 2.26. The summed E-state index contributed by atoms with van der Waals surface area (Å²) >= 11 is 0. The number of nitrogens with one attached hydrogen (secondary N) is 1. The molecule has 0 heterocycles. The molecule has 1 saturated carbocycles. The molecule has 5 nitrogen and oxygen atoms in total. The van der Waals surface area contributed by atoms with E-state index in [9.17, 15) is 14.7 Å². The van der Waals surface area contributed by atoms with Crippen LogP contribution in [-0.2, 0) is 16.1 Å². The third-order valence-electron chi connectivity index (χ3n) is 3.85. The van der Waals surface area contributed by atoms with Crippen molar-refractivity contribution in [3.63, 3.8) is 0 Å². The number of alkyl carbamates (subject to hydrolysis) is 1. The van der Waals surface area contributed by atoms with E-state index < -0.39 is 18.1 Å². The van der Waals surface area contributed by atoms with Crippen molar-refractivity contribution < 1.29 is 19.4 Å². The molecule has 21 heavy (non-hydrogen) atoms. The van der Waals surface area contributed by atoms with E-state index >= 15 is 0 Å². The first-order valence-corrected chi connectivity index (χ1v) is 7.35. The number of hydrogen-bond donors (Lipinski definition) is 2. The molecular formula is C16H21NO4. The van der Waals surface area contributed by atoms with Gasteiger partial charge in [-0.15, -0.1) is 0 Å². The minimum Gasteiger partial charge on any atom is -0.480 e. The molecule has 1 amide bonds. The molecular weight excluding hydrogens is 270 g/mol. The molecule has 5 heteroatoms. The van der Waals surface area contributed by atoms with Crippen molar-refractivity contribution in [2.45, 2.75) is 44.8 Å². The number of aliphatic carboxylic acids is 1. The minimum absolute atomic E-state index is 0.141. The van der Waals surface area contributed by atoms with E-state index in [1.54, 1.807) is 0 Å². The second-order valence-electron chi connectivity index (χ2n) is 5.48. The lowest BCUT2D eigenvalue weighted by molar-refractivity contribution is -0.139. The molecule has 0 aromatic heterocycles. The number of benzene rings is 1. The number of rotatable bonds is 6. The van der Waals surface area contributed by atoms with Gasteiger partial charge in [0.25, 0.3) is 0 Å². The van der Waals surface area contributed by atoms with Crippen LogP contribution in [0.4, 0.5) is 4.79 Å². The van der Waals surface area contributed by atoms with E-state index in [4.69, 9.17) is 4.74 Å². The fraction of sp³-hybridized carbons (Fsp3) is 0.500. The summed E-state index contributed by atoms with van der Waals surface area (Å²) in [6.07, 6.45) is 4.19. The molecule has 1 aromatic rings. The van der Waals surface area contributed by atoms with Crippen molar-refractivity contribution in [2.75, 3.05) is 0 Å². The Morgan fingerprint density at radius 2 is 1.90 bits per heavy atom. The first-order valence-electron chi connectivity index (χ1n) is 7.35. The summed E-state index contributed by atoms with van der Waals surface area (Å²) < 4.78 is 5.06. The fourth-order valence-corrected chi connectivity index (χ4v) is 2.71. The van der Waals surface area contributed by atoms with Gasteiger partial charge in [0.15, 0.2) is 0 Å². The standard InChI is InChI=1S/C16H21NO4/c18-15(19)14(10-12-6-4-5-7-12)17-16(20)21-11-13-8-2-1-3-9-13/h1-3,8-9,12,14H,4-7,10-11H2,(H,17,20)(H,18,19)/t14-/m1/s1. The number of amides is 1. The molecule has 114 valence electrons. The zero-order valence-corrected chi connectivity index (χ0v) is 12.0. The normalized spacial score (nSPS) is 16.4. The Balaban J connectivity index is 1.79. The number of carboxylic acid groups (broad SMARTS) is 1. The highest BCUT2D eigenvalue weighted by atomic mass is 16.5. The molecule has 0 bridgehead atoms. The number of hydrogen-bond acceptors (Lipinski definition) is 3. The lowest BCUT2D eigenvalue weighted by Crippen LogP contribution is -2.42. The number of ether oxygens (including phenoxy) is 1. The highest BCUT2D eigenvalue weighted by Crippen LogP contribution is 2.28. The van der Waals surface area contributed by atoms with Crippen LogP contribution in [-0.4, -0.2) is 23.2 Å². The Hall–Kier alpha value is -2.04. The summed E-state index contributed by atoms with van der Waals surface area (Å²) in [6.45, 7) is 0.141. The molecule has 1 aliphatic carbocycles. The van der Waals surface area contributed by atoms with Crippen LogP contribution in [0.5, 0.6) is 0 Å². The molecule has 2 N–H and O–H groups in total. The minimum atomic E-state index is -1.00. The summed E-state index contributed by atoms with van der Waals surface area (Å²) in [5.74, 6) is -0.612. The molecule has 0 aliphatic heterocycles. The van der Waals surface area contributed by atoms with Crippen LogP contribution < -0.4 is 5.32 Å². The molecule has 1 fully saturated rings. The Labute approximate surface area is 124 Å². The van der Waals surface area contributed by atoms with Crippen LogP contribution in [0.3, 0.4) is 0 Å². The largest absolute Gasteiger partial charge is 0.480 e. The maximum atomic E-state index is 11.7.